The normalized spacial score (nSPS) is 19.9. The molecule has 0 fully saturated rings. The molecule has 0 saturated heterocycles. The van der Waals surface area contributed by atoms with Crippen LogP contribution in [0.5, 0.6) is 0 Å². The number of fused-ring (bicyclic) bond motifs is 1. The minimum Gasteiger partial charge on any atom is -0.456 e. The summed E-state index contributed by atoms with van der Waals surface area (Å²) in [6, 6.07) is 6.18. The molecule has 0 aliphatic carbocycles. The smallest absolute Gasteiger partial charge is 0.337 e. The third kappa shape index (κ3) is 1.68. The highest BCUT2D eigenvalue weighted by atomic mass is 19.1. The van der Waals surface area contributed by atoms with E-state index < -0.39 is 0 Å². The number of aromatic amines is 1. The molecule has 1 aromatic carbocycles. The van der Waals surface area contributed by atoms with Gasteiger partial charge in [-0.15, -0.1) is 0 Å². The van der Waals surface area contributed by atoms with Gasteiger partial charge in [0.1, 0.15) is 12.4 Å². The number of benzene rings is 1. The number of hydrogen-bond donors (Lipinski definition) is 2. The number of carbonyl (C=O) groups excluding carboxylic acids is 1. The first kappa shape index (κ1) is 12.1. The van der Waals surface area contributed by atoms with E-state index in [-0.39, 0.29) is 24.3 Å². The Labute approximate surface area is 119 Å². The lowest BCUT2D eigenvalue weighted by Gasteiger charge is -2.24. The molecule has 0 saturated carbocycles. The van der Waals surface area contributed by atoms with Gasteiger partial charge in [0.05, 0.1) is 11.3 Å². The number of rotatable bonds is 1. The number of aromatic nitrogens is 2. The number of hydrogen-bond acceptors (Lipinski definition) is 4. The average Bonchev–Trinajstić information content (AvgIpc) is 3.03. The van der Waals surface area contributed by atoms with Gasteiger partial charge in [0.15, 0.2) is 5.82 Å². The van der Waals surface area contributed by atoms with Gasteiger partial charge in [0.2, 0.25) is 0 Å². The molecule has 3 heterocycles. The Kier molecular flexibility index (Phi) is 2.42. The summed E-state index contributed by atoms with van der Waals surface area (Å²) in [5.74, 6) is -0.234. The van der Waals surface area contributed by atoms with Crippen LogP contribution in [0, 0.1) is 12.7 Å². The number of halogens is 1. The highest BCUT2D eigenvalue weighted by Crippen LogP contribution is 2.44. The number of carbonyl (C=O) groups is 1. The van der Waals surface area contributed by atoms with E-state index in [2.05, 4.69) is 15.5 Å². The summed E-state index contributed by atoms with van der Waals surface area (Å²) in [7, 11) is 0. The number of nitrogens with one attached hydrogen (secondary N) is 2. The van der Waals surface area contributed by atoms with Gasteiger partial charge in [-0.3, -0.25) is 5.10 Å². The van der Waals surface area contributed by atoms with Crippen molar-refractivity contribution in [3.05, 3.63) is 58.2 Å². The van der Waals surface area contributed by atoms with Crippen molar-refractivity contribution in [3.63, 3.8) is 0 Å². The molecule has 4 rings (SSSR count). The first-order valence-corrected chi connectivity index (χ1v) is 6.62. The van der Waals surface area contributed by atoms with Crippen molar-refractivity contribution < 1.29 is 13.9 Å². The van der Waals surface area contributed by atoms with Crippen molar-refractivity contribution >= 4 is 11.8 Å². The van der Waals surface area contributed by atoms with Crippen molar-refractivity contribution in [1.82, 2.24) is 10.2 Å². The van der Waals surface area contributed by atoms with E-state index in [0.717, 1.165) is 22.5 Å². The Bertz CT molecular complexity index is 777. The summed E-state index contributed by atoms with van der Waals surface area (Å²) in [6.07, 6.45) is 0. The van der Waals surface area contributed by atoms with Gasteiger partial charge >= 0.3 is 5.97 Å². The van der Waals surface area contributed by atoms with Crippen LogP contribution >= 0.6 is 0 Å². The third-order valence-corrected chi connectivity index (χ3v) is 3.94. The molecule has 5 nitrogen and oxygen atoms in total. The Balaban J connectivity index is 1.94. The highest BCUT2D eigenvalue weighted by Gasteiger charge is 2.40. The lowest BCUT2D eigenvalue weighted by atomic mass is 9.82. The number of cyclic esters (lactones) is 1. The maximum atomic E-state index is 13.2. The van der Waals surface area contributed by atoms with E-state index in [0.29, 0.717) is 11.4 Å². The van der Waals surface area contributed by atoms with Crippen LogP contribution in [0.3, 0.4) is 0 Å². The molecule has 6 heteroatoms. The van der Waals surface area contributed by atoms with Gasteiger partial charge in [-0.1, -0.05) is 12.1 Å². The fraction of sp³-hybridized carbons (Fsp3) is 0.200. The summed E-state index contributed by atoms with van der Waals surface area (Å²) >= 11 is 0. The molecule has 2 aliphatic rings. The molecule has 0 amide bonds. The lowest BCUT2D eigenvalue weighted by molar-refractivity contribution is -0.136. The van der Waals surface area contributed by atoms with Crippen LogP contribution in [-0.4, -0.2) is 22.8 Å². The maximum absolute atomic E-state index is 13.2. The van der Waals surface area contributed by atoms with Gasteiger partial charge < -0.3 is 10.1 Å². The fourth-order valence-corrected chi connectivity index (χ4v) is 2.97. The van der Waals surface area contributed by atoms with Crippen molar-refractivity contribution in [3.8, 4) is 0 Å². The number of anilines is 1. The first-order valence-electron chi connectivity index (χ1n) is 6.62. The molecule has 0 spiro atoms. The molecular weight excluding hydrogens is 273 g/mol. The van der Waals surface area contributed by atoms with Crippen LogP contribution in [0.1, 0.15) is 22.7 Å². The summed E-state index contributed by atoms with van der Waals surface area (Å²) in [4.78, 5) is 12.1. The molecule has 0 bridgehead atoms. The molecule has 106 valence electrons. The predicted molar refractivity (Wildman–Crippen MR) is 73.2 cm³/mol. The van der Waals surface area contributed by atoms with E-state index in [1.54, 1.807) is 12.1 Å². The topological polar surface area (TPSA) is 67.0 Å². The number of aryl methyl sites for hydroxylation is 1. The number of esters is 1. The minimum atomic E-state index is -0.335. The average molecular weight is 285 g/mol. The molecule has 2 aliphatic heterocycles. The van der Waals surface area contributed by atoms with Crippen LogP contribution in [-0.2, 0) is 9.53 Å². The quantitative estimate of drug-likeness (QED) is 0.788. The highest BCUT2D eigenvalue weighted by molar-refractivity contribution is 5.97. The lowest BCUT2D eigenvalue weighted by Crippen LogP contribution is -2.19. The van der Waals surface area contributed by atoms with Crippen LogP contribution in [0.25, 0.3) is 0 Å². The van der Waals surface area contributed by atoms with Crippen molar-refractivity contribution in [2.75, 3.05) is 11.9 Å². The molecule has 1 unspecified atom stereocenters. The second kappa shape index (κ2) is 4.18. The molecule has 2 aromatic rings. The Morgan fingerprint density at radius 2 is 2.10 bits per heavy atom. The van der Waals surface area contributed by atoms with Crippen LogP contribution < -0.4 is 5.32 Å². The minimum absolute atomic E-state index is 0.219. The van der Waals surface area contributed by atoms with E-state index in [9.17, 15) is 9.18 Å². The zero-order chi connectivity index (χ0) is 14.6. The first-order chi connectivity index (χ1) is 10.1. The Hall–Kier alpha value is -2.63. The van der Waals surface area contributed by atoms with Crippen molar-refractivity contribution in [1.29, 1.82) is 0 Å². The molecule has 21 heavy (non-hydrogen) atoms. The molecule has 2 N–H and O–H groups in total. The molecule has 1 aromatic heterocycles. The maximum Gasteiger partial charge on any atom is 0.337 e. The summed E-state index contributed by atoms with van der Waals surface area (Å²) in [5.41, 5.74) is 3.93. The zero-order valence-electron chi connectivity index (χ0n) is 11.2. The summed E-state index contributed by atoms with van der Waals surface area (Å²) in [5, 5.41) is 10.3. The Morgan fingerprint density at radius 3 is 2.86 bits per heavy atom. The summed E-state index contributed by atoms with van der Waals surface area (Å²) < 4.78 is 18.3. The fourth-order valence-electron chi connectivity index (χ4n) is 2.97. The Morgan fingerprint density at radius 1 is 1.33 bits per heavy atom. The second-order valence-corrected chi connectivity index (χ2v) is 5.19. The van der Waals surface area contributed by atoms with E-state index in [1.165, 1.54) is 12.1 Å². The zero-order valence-corrected chi connectivity index (χ0v) is 11.2. The van der Waals surface area contributed by atoms with Gasteiger partial charge in [-0.25, -0.2) is 9.18 Å². The third-order valence-electron chi connectivity index (χ3n) is 3.94. The second-order valence-electron chi connectivity index (χ2n) is 5.19. The van der Waals surface area contributed by atoms with Crippen molar-refractivity contribution in [2.45, 2.75) is 12.8 Å². The molecule has 0 radical (unpaired) electrons. The molecular formula is C15H12FN3O2. The SMILES string of the molecule is Cc1[nH]nc2c1C(c1ccc(F)cc1)C1=C(COC1=O)N2. The van der Waals surface area contributed by atoms with Gasteiger partial charge in [0.25, 0.3) is 0 Å². The predicted octanol–water partition coefficient (Wildman–Crippen LogP) is 2.23. The van der Waals surface area contributed by atoms with E-state index in [4.69, 9.17) is 4.74 Å². The van der Waals surface area contributed by atoms with Crippen LogP contribution in [0.15, 0.2) is 35.5 Å². The largest absolute Gasteiger partial charge is 0.456 e. The van der Waals surface area contributed by atoms with Crippen molar-refractivity contribution in [2.24, 2.45) is 0 Å². The van der Waals surface area contributed by atoms with E-state index in [1.807, 2.05) is 6.92 Å². The van der Waals surface area contributed by atoms with E-state index >= 15 is 0 Å². The number of H-pyrrole nitrogens is 1. The number of nitrogens with zero attached hydrogens (tertiary/aromatic N) is 1. The van der Waals surface area contributed by atoms with Crippen LogP contribution in [0.4, 0.5) is 10.2 Å². The van der Waals surface area contributed by atoms with Gasteiger partial charge in [-0.05, 0) is 24.6 Å². The standard InChI is InChI=1S/C15H12FN3O2/c1-7-11-12(8-2-4-9(16)5-3-8)13-10(6-21-15(13)20)17-14(11)19-18-7/h2-5,12H,6H2,1H3,(H2,17,18,19). The van der Waals surface area contributed by atoms with Crippen LogP contribution in [0.2, 0.25) is 0 Å². The monoisotopic (exact) mass is 285 g/mol. The van der Waals surface area contributed by atoms with Gasteiger partial charge in [-0.2, -0.15) is 5.10 Å². The number of ether oxygens (including phenoxy) is 1. The summed E-state index contributed by atoms with van der Waals surface area (Å²) in [6.45, 7) is 2.12. The van der Waals surface area contributed by atoms with Gasteiger partial charge in [0, 0.05) is 17.2 Å². The molecule has 1 atom stereocenters.